The number of hydrogen-bond donors (Lipinski definition) is 0. The summed E-state index contributed by atoms with van der Waals surface area (Å²) in [6.07, 6.45) is 1.96. The van der Waals surface area contributed by atoms with Gasteiger partial charge in [-0.15, -0.1) is 0 Å². The van der Waals surface area contributed by atoms with Gasteiger partial charge in [0.2, 0.25) is 5.91 Å². The van der Waals surface area contributed by atoms with Crippen LogP contribution in [0.5, 0.6) is 0 Å². The molecule has 0 N–H and O–H groups in total. The first-order chi connectivity index (χ1) is 9.78. The van der Waals surface area contributed by atoms with Crippen molar-refractivity contribution in [2.45, 2.75) is 12.8 Å². The lowest BCUT2D eigenvalue weighted by atomic mass is 10.2. The minimum Gasteiger partial charge on any atom is -0.373 e. The van der Waals surface area contributed by atoms with Crippen LogP contribution in [0, 0.1) is 0 Å². The molecular weight excluding hydrogens is 312 g/mol. The number of carbonyl (C=O) groups excluding carboxylic acids is 1. The molecule has 7 heteroatoms. The summed E-state index contributed by atoms with van der Waals surface area (Å²) in [5, 5.41) is 0.560. The van der Waals surface area contributed by atoms with Crippen molar-refractivity contribution >= 4 is 38.7 Å². The van der Waals surface area contributed by atoms with Crippen LogP contribution in [-0.2, 0) is 14.6 Å². The van der Waals surface area contributed by atoms with Crippen LogP contribution < -0.4 is 9.80 Å². The highest BCUT2D eigenvalue weighted by molar-refractivity contribution is 7.90. The van der Waals surface area contributed by atoms with Gasteiger partial charge in [-0.05, 0) is 24.6 Å². The first kappa shape index (κ1) is 16.1. The van der Waals surface area contributed by atoms with Crippen molar-refractivity contribution in [2.75, 3.05) is 41.9 Å². The van der Waals surface area contributed by atoms with Gasteiger partial charge < -0.3 is 9.80 Å². The number of fused-ring (bicyclic) bond motifs is 1. The first-order valence-corrected chi connectivity index (χ1v) is 9.20. The number of hydrogen-bond acceptors (Lipinski definition) is 4. The topological polar surface area (TPSA) is 57.7 Å². The monoisotopic (exact) mass is 330 g/mol. The van der Waals surface area contributed by atoms with Crippen LogP contribution in [0.2, 0.25) is 5.02 Å². The van der Waals surface area contributed by atoms with Gasteiger partial charge in [0.25, 0.3) is 0 Å². The van der Waals surface area contributed by atoms with Gasteiger partial charge in [-0.3, -0.25) is 4.79 Å². The van der Waals surface area contributed by atoms with E-state index in [-0.39, 0.29) is 18.1 Å². The quantitative estimate of drug-likeness (QED) is 0.850. The molecule has 0 saturated heterocycles. The van der Waals surface area contributed by atoms with E-state index in [1.165, 1.54) is 0 Å². The third kappa shape index (κ3) is 4.11. The van der Waals surface area contributed by atoms with Crippen molar-refractivity contribution in [3.63, 3.8) is 0 Å². The Kier molecular flexibility index (Phi) is 4.78. The number of anilines is 2. The predicted molar refractivity (Wildman–Crippen MR) is 86.0 cm³/mol. The van der Waals surface area contributed by atoms with Gasteiger partial charge in [0, 0.05) is 37.8 Å². The van der Waals surface area contributed by atoms with E-state index in [1.807, 2.05) is 13.1 Å². The number of carbonyl (C=O) groups is 1. The molecule has 5 nitrogen and oxygen atoms in total. The SMILES string of the molecule is CN1CCCN(C(=O)CCS(C)(=O)=O)c2cc(Cl)ccc21. The predicted octanol–water partition coefficient (Wildman–Crippen LogP) is 1.95. The van der Waals surface area contributed by atoms with Crippen molar-refractivity contribution in [1.82, 2.24) is 0 Å². The highest BCUT2D eigenvalue weighted by atomic mass is 35.5. The Morgan fingerprint density at radius 1 is 1.29 bits per heavy atom. The van der Waals surface area contributed by atoms with Gasteiger partial charge in [0.1, 0.15) is 9.84 Å². The number of sulfone groups is 1. The Balaban J connectivity index is 2.29. The normalized spacial score (nSPS) is 15.6. The van der Waals surface area contributed by atoms with E-state index in [0.29, 0.717) is 11.6 Å². The van der Waals surface area contributed by atoms with E-state index < -0.39 is 9.84 Å². The molecule has 1 aromatic carbocycles. The summed E-state index contributed by atoms with van der Waals surface area (Å²) < 4.78 is 22.5. The van der Waals surface area contributed by atoms with Gasteiger partial charge in [-0.1, -0.05) is 11.6 Å². The summed E-state index contributed by atoms with van der Waals surface area (Å²) in [6, 6.07) is 5.44. The maximum atomic E-state index is 12.4. The second-order valence-corrected chi connectivity index (χ2v) is 8.03. The van der Waals surface area contributed by atoms with Crippen molar-refractivity contribution in [3.05, 3.63) is 23.2 Å². The molecule has 1 aliphatic rings. The van der Waals surface area contributed by atoms with Crippen LogP contribution in [0.15, 0.2) is 18.2 Å². The largest absolute Gasteiger partial charge is 0.373 e. The summed E-state index contributed by atoms with van der Waals surface area (Å²) in [5.74, 6) is -0.312. The number of halogens is 1. The van der Waals surface area contributed by atoms with Gasteiger partial charge in [-0.25, -0.2) is 8.42 Å². The number of amides is 1. The van der Waals surface area contributed by atoms with Crippen LogP contribution in [0.4, 0.5) is 11.4 Å². The lowest BCUT2D eigenvalue weighted by Crippen LogP contribution is -2.32. The fraction of sp³-hybridized carbons (Fsp3) is 0.500. The van der Waals surface area contributed by atoms with Gasteiger partial charge in [0.05, 0.1) is 17.1 Å². The van der Waals surface area contributed by atoms with Crippen LogP contribution in [-0.4, -0.2) is 46.5 Å². The molecule has 0 fully saturated rings. The molecule has 0 spiro atoms. The van der Waals surface area contributed by atoms with E-state index in [1.54, 1.807) is 17.0 Å². The van der Waals surface area contributed by atoms with E-state index in [2.05, 4.69) is 4.90 Å². The Hall–Kier alpha value is -1.27. The summed E-state index contributed by atoms with van der Waals surface area (Å²) in [7, 11) is -1.18. The van der Waals surface area contributed by atoms with Crippen LogP contribution >= 0.6 is 11.6 Å². The van der Waals surface area contributed by atoms with Crippen LogP contribution in [0.25, 0.3) is 0 Å². The molecule has 0 atom stereocenters. The van der Waals surface area contributed by atoms with E-state index in [9.17, 15) is 13.2 Å². The Morgan fingerprint density at radius 2 is 2.00 bits per heavy atom. The summed E-state index contributed by atoms with van der Waals surface area (Å²) in [4.78, 5) is 16.1. The highest BCUT2D eigenvalue weighted by Gasteiger charge is 2.24. The summed E-state index contributed by atoms with van der Waals surface area (Å²) in [6.45, 7) is 1.41. The second-order valence-electron chi connectivity index (χ2n) is 5.33. The molecule has 0 saturated carbocycles. The Morgan fingerprint density at radius 3 is 2.67 bits per heavy atom. The smallest absolute Gasteiger partial charge is 0.228 e. The molecule has 1 amide bonds. The second kappa shape index (κ2) is 6.23. The van der Waals surface area contributed by atoms with Crippen molar-refractivity contribution in [1.29, 1.82) is 0 Å². The maximum Gasteiger partial charge on any atom is 0.228 e. The number of benzene rings is 1. The van der Waals surface area contributed by atoms with E-state index in [0.717, 1.165) is 30.6 Å². The minimum atomic E-state index is -3.15. The summed E-state index contributed by atoms with van der Waals surface area (Å²) in [5.41, 5.74) is 1.69. The minimum absolute atomic E-state index is 0.00546. The van der Waals surface area contributed by atoms with Gasteiger partial charge >= 0.3 is 0 Å². The molecule has 1 aliphatic heterocycles. The molecular formula is C14H19ClN2O3S. The van der Waals surface area contributed by atoms with Gasteiger partial charge in [-0.2, -0.15) is 0 Å². The zero-order valence-corrected chi connectivity index (χ0v) is 13.7. The molecule has 0 radical (unpaired) electrons. The fourth-order valence-corrected chi connectivity index (χ4v) is 3.12. The maximum absolute atomic E-state index is 12.4. The van der Waals surface area contributed by atoms with Crippen LogP contribution in [0.3, 0.4) is 0 Å². The molecule has 1 aromatic rings. The lowest BCUT2D eigenvalue weighted by molar-refractivity contribution is -0.118. The molecule has 116 valence electrons. The number of rotatable bonds is 3. The van der Waals surface area contributed by atoms with Crippen molar-refractivity contribution < 1.29 is 13.2 Å². The number of nitrogens with zero attached hydrogens (tertiary/aromatic N) is 2. The standard InChI is InChI=1S/C14H19ClN2O3S/c1-16-7-3-8-17(14(18)6-9-21(2,19)20)13-10-11(15)4-5-12(13)16/h4-5,10H,3,6-9H2,1-2H3. The zero-order chi connectivity index (χ0) is 15.6. The van der Waals surface area contributed by atoms with Crippen molar-refractivity contribution in [2.24, 2.45) is 0 Å². The molecule has 21 heavy (non-hydrogen) atoms. The molecule has 0 unspecified atom stereocenters. The average molecular weight is 331 g/mol. The van der Waals surface area contributed by atoms with Gasteiger partial charge in [0.15, 0.2) is 0 Å². The zero-order valence-electron chi connectivity index (χ0n) is 12.2. The third-order valence-corrected chi connectivity index (χ3v) is 4.68. The third-order valence-electron chi connectivity index (χ3n) is 3.50. The molecule has 1 heterocycles. The first-order valence-electron chi connectivity index (χ1n) is 6.77. The van der Waals surface area contributed by atoms with E-state index >= 15 is 0 Å². The molecule has 0 bridgehead atoms. The summed E-state index contributed by atoms with van der Waals surface area (Å²) >= 11 is 6.04. The highest BCUT2D eigenvalue weighted by Crippen LogP contribution is 2.34. The molecule has 0 aromatic heterocycles. The Bertz CT molecular complexity index is 646. The average Bonchev–Trinajstić information content (AvgIpc) is 2.54. The lowest BCUT2D eigenvalue weighted by Gasteiger charge is -2.24. The Labute approximate surface area is 130 Å². The van der Waals surface area contributed by atoms with E-state index in [4.69, 9.17) is 11.6 Å². The van der Waals surface area contributed by atoms with Crippen molar-refractivity contribution in [3.8, 4) is 0 Å². The van der Waals surface area contributed by atoms with Crippen LogP contribution in [0.1, 0.15) is 12.8 Å². The molecule has 0 aliphatic carbocycles. The fourth-order valence-electron chi connectivity index (χ4n) is 2.41. The molecule has 2 rings (SSSR count).